The second-order valence-electron chi connectivity index (χ2n) is 5.00. The number of benzene rings is 1. The van der Waals surface area contributed by atoms with Gasteiger partial charge in [-0.2, -0.15) is 5.26 Å². The van der Waals surface area contributed by atoms with Gasteiger partial charge in [-0.1, -0.05) is 31.9 Å². The van der Waals surface area contributed by atoms with Crippen LogP contribution in [-0.2, 0) is 11.3 Å². The molecule has 0 bridgehead atoms. The maximum Gasteiger partial charge on any atom is 0.146 e. The summed E-state index contributed by atoms with van der Waals surface area (Å²) < 4.78 is 19.6. The zero-order chi connectivity index (χ0) is 13.0. The Morgan fingerprint density at radius 1 is 1.39 bits per heavy atom. The van der Waals surface area contributed by atoms with Crippen molar-refractivity contribution < 1.29 is 9.13 Å². The largest absolute Gasteiger partial charge is 0.373 e. The Hall–Kier alpha value is -1.40. The molecule has 0 radical (unpaired) electrons. The lowest BCUT2D eigenvalue weighted by molar-refractivity contribution is -0.0164. The van der Waals surface area contributed by atoms with Crippen molar-refractivity contribution in [2.75, 3.05) is 0 Å². The van der Waals surface area contributed by atoms with Crippen molar-refractivity contribution in [2.24, 2.45) is 5.92 Å². The average molecular weight is 247 g/mol. The highest BCUT2D eigenvalue weighted by molar-refractivity contribution is 5.34. The van der Waals surface area contributed by atoms with Gasteiger partial charge in [0.1, 0.15) is 11.9 Å². The third kappa shape index (κ3) is 2.88. The minimum absolute atomic E-state index is 0.0905. The number of halogens is 1. The minimum atomic E-state index is -0.441. The van der Waals surface area contributed by atoms with Crippen LogP contribution in [0.25, 0.3) is 0 Å². The van der Waals surface area contributed by atoms with E-state index in [2.05, 4.69) is 6.92 Å². The molecule has 1 aromatic carbocycles. The second kappa shape index (κ2) is 5.97. The Labute approximate surface area is 107 Å². The van der Waals surface area contributed by atoms with Crippen LogP contribution in [0.1, 0.15) is 43.7 Å². The maximum atomic E-state index is 13.8. The Morgan fingerprint density at radius 3 is 2.89 bits per heavy atom. The first kappa shape index (κ1) is 13.0. The van der Waals surface area contributed by atoms with Crippen LogP contribution in [0.5, 0.6) is 0 Å². The molecular weight excluding hydrogens is 229 g/mol. The molecule has 1 saturated carbocycles. The number of rotatable bonds is 3. The molecule has 0 heterocycles. The molecule has 18 heavy (non-hydrogen) atoms. The zero-order valence-electron chi connectivity index (χ0n) is 10.7. The summed E-state index contributed by atoms with van der Waals surface area (Å²) in [7, 11) is 0. The SMILES string of the molecule is CC1CCCCC1OCc1cccc(C#N)c1F. The van der Waals surface area contributed by atoms with E-state index in [4.69, 9.17) is 10.00 Å². The zero-order valence-corrected chi connectivity index (χ0v) is 10.7. The van der Waals surface area contributed by atoms with Gasteiger partial charge in [0.2, 0.25) is 0 Å². The topological polar surface area (TPSA) is 33.0 Å². The molecule has 1 aliphatic carbocycles. The van der Waals surface area contributed by atoms with E-state index in [0.717, 1.165) is 6.42 Å². The van der Waals surface area contributed by atoms with Crippen molar-refractivity contribution >= 4 is 0 Å². The quantitative estimate of drug-likeness (QED) is 0.814. The Morgan fingerprint density at radius 2 is 2.17 bits per heavy atom. The second-order valence-corrected chi connectivity index (χ2v) is 5.00. The number of hydrogen-bond donors (Lipinski definition) is 0. The fourth-order valence-corrected chi connectivity index (χ4v) is 2.50. The smallest absolute Gasteiger partial charge is 0.146 e. The molecule has 0 spiro atoms. The maximum absolute atomic E-state index is 13.8. The molecule has 3 heteroatoms. The van der Waals surface area contributed by atoms with Crippen molar-refractivity contribution in [3.05, 3.63) is 35.1 Å². The summed E-state index contributed by atoms with van der Waals surface area (Å²) in [6, 6.07) is 6.72. The van der Waals surface area contributed by atoms with Crippen molar-refractivity contribution in [1.82, 2.24) is 0 Å². The molecule has 2 nitrogen and oxygen atoms in total. The monoisotopic (exact) mass is 247 g/mol. The normalized spacial score (nSPS) is 23.6. The molecule has 1 aromatic rings. The third-order valence-electron chi connectivity index (χ3n) is 3.68. The van der Waals surface area contributed by atoms with E-state index in [9.17, 15) is 4.39 Å². The highest BCUT2D eigenvalue weighted by Crippen LogP contribution is 2.27. The first-order valence-corrected chi connectivity index (χ1v) is 6.51. The van der Waals surface area contributed by atoms with Crippen molar-refractivity contribution in [2.45, 2.75) is 45.3 Å². The van der Waals surface area contributed by atoms with E-state index in [1.807, 2.05) is 6.07 Å². The number of nitriles is 1. The molecule has 96 valence electrons. The highest BCUT2D eigenvalue weighted by atomic mass is 19.1. The Kier molecular flexibility index (Phi) is 4.33. The van der Waals surface area contributed by atoms with E-state index >= 15 is 0 Å². The third-order valence-corrected chi connectivity index (χ3v) is 3.68. The molecule has 0 N–H and O–H groups in total. The first-order chi connectivity index (χ1) is 8.72. The van der Waals surface area contributed by atoms with Crippen LogP contribution in [0.3, 0.4) is 0 Å². The van der Waals surface area contributed by atoms with Crippen molar-refractivity contribution in [3.8, 4) is 6.07 Å². The van der Waals surface area contributed by atoms with Crippen LogP contribution in [0.15, 0.2) is 18.2 Å². The van der Waals surface area contributed by atoms with Gasteiger partial charge in [-0.25, -0.2) is 4.39 Å². The molecular formula is C15H18FNO. The van der Waals surface area contributed by atoms with Crippen LogP contribution in [0, 0.1) is 23.1 Å². The van der Waals surface area contributed by atoms with Crippen LogP contribution >= 0.6 is 0 Å². The summed E-state index contributed by atoms with van der Waals surface area (Å²) in [6.45, 7) is 2.45. The van der Waals surface area contributed by atoms with E-state index in [1.165, 1.54) is 25.3 Å². The van der Waals surface area contributed by atoms with Crippen LogP contribution in [0.4, 0.5) is 4.39 Å². The number of nitrogens with zero attached hydrogens (tertiary/aromatic N) is 1. The summed E-state index contributed by atoms with van der Waals surface area (Å²) >= 11 is 0. The van der Waals surface area contributed by atoms with E-state index in [0.29, 0.717) is 11.5 Å². The molecule has 0 amide bonds. The summed E-state index contributed by atoms with van der Waals surface area (Å²) in [4.78, 5) is 0. The predicted molar refractivity (Wildman–Crippen MR) is 67.3 cm³/mol. The van der Waals surface area contributed by atoms with Gasteiger partial charge in [-0.15, -0.1) is 0 Å². The van der Waals surface area contributed by atoms with E-state index in [1.54, 1.807) is 12.1 Å². The summed E-state index contributed by atoms with van der Waals surface area (Å²) in [5.74, 6) is 0.101. The van der Waals surface area contributed by atoms with Crippen LogP contribution in [0.2, 0.25) is 0 Å². The molecule has 2 atom stereocenters. The summed E-state index contributed by atoms with van der Waals surface area (Å²) in [6.07, 6.45) is 4.92. The lowest BCUT2D eigenvalue weighted by atomic mass is 9.88. The van der Waals surface area contributed by atoms with Gasteiger partial charge in [-0.05, 0) is 24.8 Å². The van der Waals surface area contributed by atoms with Crippen molar-refractivity contribution in [1.29, 1.82) is 5.26 Å². The predicted octanol–water partition coefficient (Wildman–Crippen LogP) is 3.79. The molecule has 0 aromatic heterocycles. The summed E-state index contributed by atoms with van der Waals surface area (Å²) in [5.41, 5.74) is 0.569. The molecule has 0 saturated heterocycles. The Balaban J connectivity index is 2.00. The van der Waals surface area contributed by atoms with Gasteiger partial charge in [0.15, 0.2) is 0 Å². The fraction of sp³-hybridized carbons (Fsp3) is 0.533. The van der Waals surface area contributed by atoms with Gasteiger partial charge in [0.05, 0.1) is 18.3 Å². The summed E-state index contributed by atoms with van der Waals surface area (Å²) in [5, 5.41) is 8.77. The number of hydrogen-bond acceptors (Lipinski definition) is 2. The fourth-order valence-electron chi connectivity index (χ4n) is 2.50. The molecule has 1 fully saturated rings. The van der Waals surface area contributed by atoms with Gasteiger partial charge in [0, 0.05) is 5.56 Å². The molecule has 2 rings (SSSR count). The lowest BCUT2D eigenvalue weighted by Crippen LogP contribution is -2.25. The Bertz CT molecular complexity index is 452. The van der Waals surface area contributed by atoms with E-state index in [-0.39, 0.29) is 18.3 Å². The molecule has 2 unspecified atom stereocenters. The van der Waals surface area contributed by atoms with Gasteiger partial charge in [-0.3, -0.25) is 0 Å². The van der Waals surface area contributed by atoms with E-state index < -0.39 is 5.82 Å². The van der Waals surface area contributed by atoms with Crippen LogP contribution in [-0.4, -0.2) is 6.10 Å². The van der Waals surface area contributed by atoms with Gasteiger partial charge in [0.25, 0.3) is 0 Å². The standard InChI is InChI=1S/C15H18FNO/c1-11-5-2-3-8-14(11)18-10-13-7-4-6-12(9-17)15(13)16/h4,6-7,11,14H,2-3,5,8,10H2,1H3. The number of ether oxygens (including phenoxy) is 1. The average Bonchev–Trinajstić information content (AvgIpc) is 2.39. The molecule has 0 aliphatic heterocycles. The highest BCUT2D eigenvalue weighted by Gasteiger charge is 2.22. The van der Waals surface area contributed by atoms with Gasteiger partial charge < -0.3 is 4.74 Å². The van der Waals surface area contributed by atoms with Gasteiger partial charge >= 0.3 is 0 Å². The minimum Gasteiger partial charge on any atom is -0.373 e. The first-order valence-electron chi connectivity index (χ1n) is 6.51. The van der Waals surface area contributed by atoms with Crippen LogP contribution < -0.4 is 0 Å². The van der Waals surface area contributed by atoms with Crippen molar-refractivity contribution in [3.63, 3.8) is 0 Å². The lowest BCUT2D eigenvalue weighted by Gasteiger charge is -2.28. The molecule has 1 aliphatic rings.